The van der Waals surface area contributed by atoms with Crippen LogP contribution in [0.2, 0.25) is 0 Å². The van der Waals surface area contributed by atoms with Crippen LogP contribution in [0.3, 0.4) is 0 Å². The average Bonchev–Trinajstić information content (AvgIpc) is 2.77. The van der Waals surface area contributed by atoms with Gasteiger partial charge in [0.1, 0.15) is 0 Å². The molecular formula is C8H13ClO2. The summed E-state index contributed by atoms with van der Waals surface area (Å²) >= 11 is 5.66. The van der Waals surface area contributed by atoms with Crippen molar-refractivity contribution < 1.29 is 9.47 Å². The van der Waals surface area contributed by atoms with E-state index in [1.165, 1.54) is 12.8 Å². The van der Waals surface area contributed by atoms with Gasteiger partial charge in [0.05, 0.1) is 18.6 Å². The normalized spacial score (nSPS) is 44.7. The Labute approximate surface area is 71.8 Å². The Kier molecular flexibility index (Phi) is 1.86. The van der Waals surface area contributed by atoms with Crippen LogP contribution in [0.15, 0.2) is 0 Å². The molecule has 0 aromatic carbocycles. The highest BCUT2D eigenvalue weighted by Crippen LogP contribution is 2.45. The summed E-state index contributed by atoms with van der Waals surface area (Å²) in [6.45, 7) is 2.69. The number of alkyl halides is 1. The molecule has 0 spiro atoms. The van der Waals surface area contributed by atoms with Crippen LogP contribution in [0.4, 0.5) is 0 Å². The third kappa shape index (κ3) is 1.40. The molecule has 0 aromatic heterocycles. The Morgan fingerprint density at radius 1 is 1.55 bits per heavy atom. The van der Waals surface area contributed by atoms with Crippen LogP contribution in [0.5, 0.6) is 0 Å². The van der Waals surface area contributed by atoms with Gasteiger partial charge in [-0.05, 0) is 19.8 Å². The Bertz CT molecular complexity index is 158. The first kappa shape index (κ1) is 7.84. The van der Waals surface area contributed by atoms with E-state index in [1.54, 1.807) is 0 Å². The lowest BCUT2D eigenvalue weighted by atomic mass is 10.2. The fraction of sp³-hybridized carbons (Fsp3) is 1.00. The van der Waals surface area contributed by atoms with Crippen molar-refractivity contribution in [1.29, 1.82) is 0 Å². The van der Waals surface area contributed by atoms with Gasteiger partial charge in [-0.25, -0.2) is 0 Å². The average molecular weight is 177 g/mol. The van der Waals surface area contributed by atoms with Gasteiger partial charge in [0.2, 0.25) is 0 Å². The van der Waals surface area contributed by atoms with Gasteiger partial charge < -0.3 is 9.47 Å². The highest BCUT2D eigenvalue weighted by molar-refractivity contribution is 6.18. The molecule has 64 valence electrons. The molecule has 3 heteroatoms. The van der Waals surface area contributed by atoms with Crippen LogP contribution in [0.1, 0.15) is 19.8 Å². The van der Waals surface area contributed by atoms with Gasteiger partial charge in [-0.15, -0.1) is 11.6 Å². The maximum Gasteiger partial charge on any atom is 0.168 e. The minimum atomic E-state index is -0.306. The lowest BCUT2D eigenvalue weighted by Crippen LogP contribution is -2.29. The van der Waals surface area contributed by atoms with Crippen molar-refractivity contribution in [3.05, 3.63) is 0 Å². The molecule has 2 nitrogen and oxygen atoms in total. The van der Waals surface area contributed by atoms with E-state index in [-0.39, 0.29) is 11.9 Å². The quantitative estimate of drug-likeness (QED) is 0.597. The highest BCUT2D eigenvalue weighted by atomic mass is 35.5. The maximum absolute atomic E-state index is 5.67. The summed E-state index contributed by atoms with van der Waals surface area (Å²) in [7, 11) is 0. The van der Waals surface area contributed by atoms with E-state index >= 15 is 0 Å². The van der Waals surface area contributed by atoms with E-state index in [0.717, 1.165) is 0 Å². The maximum atomic E-state index is 5.67. The molecule has 2 rings (SSSR count). The highest BCUT2D eigenvalue weighted by Gasteiger charge is 2.48. The third-order valence-electron chi connectivity index (χ3n) is 2.45. The van der Waals surface area contributed by atoms with E-state index in [2.05, 4.69) is 0 Å². The minimum absolute atomic E-state index is 0.113. The Morgan fingerprint density at radius 3 is 2.73 bits per heavy atom. The first-order valence-electron chi connectivity index (χ1n) is 4.12. The van der Waals surface area contributed by atoms with E-state index in [0.29, 0.717) is 18.4 Å². The van der Waals surface area contributed by atoms with Gasteiger partial charge in [-0.3, -0.25) is 0 Å². The fourth-order valence-electron chi connectivity index (χ4n) is 1.56. The zero-order valence-corrected chi connectivity index (χ0v) is 7.43. The number of ether oxygens (including phenoxy) is 2. The predicted octanol–water partition coefficient (Wildman–Crippen LogP) is 1.77. The molecule has 2 aliphatic rings. The molecule has 0 radical (unpaired) electrons. The van der Waals surface area contributed by atoms with Crippen LogP contribution in [0, 0.1) is 5.92 Å². The zero-order chi connectivity index (χ0) is 7.90. The summed E-state index contributed by atoms with van der Waals surface area (Å²) in [5, 5.41) is 0. The monoisotopic (exact) mass is 176 g/mol. The molecule has 1 saturated heterocycles. The molecule has 2 fully saturated rings. The summed E-state index contributed by atoms with van der Waals surface area (Å²) < 4.78 is 11.2. The van der Waals surface area contributed by atoms with Crippen molar-refractivity contribution >= 4 is 11.6 Å². The summed E-state index contributed by atoms with van der Waals surface area (Å²) in [5.74, 6) is 0.859. The predicted molar refractivity (Wildman–Crippen MR) is 42.7 cm³/mol. The second-order valence-corrected chi connectivity index (χ2v) is 3.80. The molecule has 1 saturated carbocycles. The second kappa shape index (κ2) is 2.61. The molecule has 1 heterocycles. The lowest BCUT2D eigenvalue weighted by molar-refractivity contribution is -0.166. The molecule has 2 atom stereocenters. The molecule has 1 aliphatic carbocycles. The van der Waals surface area contributed by atoms with E-state index in [9.17, 15) is 0 Å². The summed E-state index contributed by atoms with van der Waals surface area (Å²) in [6, 6.07) is 0. The molecular weight excluding hydrogens is 164 g/mol. The van der Waals surface area contributed by atoms with Crippen LogP contribution < -0.4 is 0 Å². The van der Waals surface area contributed by atoms with Gasteiger partial charge in [-0.1, -0.05) is 0 Å². The van der Waals surface area contributed by atoms with Crippen LogP contribution in [-0.4, -0.2) is 24.4 Å². The van der Waals surface area contributed by atoms with E-state index in [4.69, 9.17) is 21.1 Å². The Morgan fingerprint density at radius 2 is 2.27 bits per heavy atom. The van der Waals surface area contributed by atoms with Crippen molar-refractivity contribution in [2.45, 2.75) is 31.7 Å². The smallest absolute Gasteiger partial charge is 0.168 e. The van der Waals surface area contributed by atoms with Gasteiger partial charge in [0.15, 0.2) is 5.79 Å². The second-order valence-electron chi connectivity index (χ2n) is 3.50. The number of rotatable bonds is 2. The third-order valence-corrected chi connectivity index (χ3v) is 2.79. The molecule has 0 aromatic rings. The van der Waals surface area contributed by atoms with Crippen molar-refractivity contribution in [3.63, 3.8) is 0 Å². The summed E-state index contributed by atoms with van der Waals surface area (Å²) in [5.41, 5.74) is 0. The van der Waals surface area contributed by atoms with Crippen molar-refractivity contribution in [2.75, 3.05) is 12.5 Å². The van der Waals surface area contributed by atoms with E-state index in [1.807, 2.05) is 6.92 Å². The Hall–Kier alpha value is 0.210. The van der Waals surface area contributed by atoms with Gasteiger partial charge in [0, 0.05) is 5.92 Å². The molecule has 0 bridgehead atoms. The van der Waals surface area contributed by atoms with Gasteiger partial charge in [-0.2, -0.15) is 0 Å². The standard InChI is InChI=1S/C8H13ClO2/c1-8(6-2-3-6)10-5-7(4-9)11-8/h6-7H,2-5H2,1H3. The van der Waals surface area contributed by atoms with Crippen molar-refractivity contribution in [1.82, 2.24) is 0 Å². The topological polar surface area (TPSA) is 18.5 Å². The van der Waals surface area contributed by atoms with Crippen LogP contribution in [0.25, 0.3) is 0 Å². The Balaban J connectivity index is 1.95. The SMILES string of the molecule is CC1(C2CC2)OCC(CCl)O1. The summed E-state index contributed by atoms with van der Waals surface area (Å²) in [4.78, 5) is 0. The molecule has 0 N–H and O–H groups in total. The fourth-order valence-corrected chi connectivity index (χ4v) is 1.71. The lowest BCUT2D eigenvalue weighted by Gasteiger charge is -2.22. The van der Waals surface area contributed by atoms with Crippen LogP contribution >= 0.6 is 11.6 Å². The van der Waals surface area contributed by atoms with Crippen molar-refractivity contribution in [2.24, 2.45) is 5.92 Å². The largest absolute Gasteiger partial charge is 0.347 e. The van der Waals surface area contributed by atoms with Crippen molar-refractivity contribution in [3.8, 4) is 0 Å². The van der Waals surface area contributed by atoms with Crippen LogP contribution in [-0.2, 0) is 9.47 Å². The van der Waals surface area contributed by atoms with E-state index < -0.39 is 0 Å². The first-order valence-corrected chi connectivity index (χ1v) is 4.66. The molecule has 0 amide bonds. The molecule has 11 heavy (non-hydrogen) atoms. The number of hydrogen-bond acceptors (Lipinski definition) is 2. The van der Waals surface area contributed by atoms with Gasteiger partial charge >= 0.3 is 0 Å². The minimum Gasteiger partial charge on any atom is -0.347 e. The zero-order valence-electron chi connectivity index (χ0n) is 6.68. The first-order chi connectivity index (χ1) is 5.24. The number of halogens is 1. The number of hydrogen-bond donors (Lipinski definition) is 0. The molecule has 1 aliphatic heterocycles. The van der Waals surface area contributed by atoms with Gasteiger partial charge in [0.25, 0.3) is 0 Å². The molecule has 2 unspecified atom stereocenters. The summed E-state index contributed by atoms with van der Waals surface area (Å²) in [6.07, 6.45) is 2.60.